The van der Waals surface area contributed by atoms with Gasteiger partial charge in [-0.25, -0.2) is 4.39 Å². The highest BCUT2D eigenvalue weighted by Crippen LogP contribution is 2.28. The molecule has 0 saturated carbocycles. The summed E-state index contributed by atoms with van der Waals surface area (Å²) in [5.74, 6) is -0.191. The van der Waals surface area contributed by atoms with Crippen molar-refractivity contribution in [2.45, 2.75) is 0 Å². The summed E-state index contributed by atoms with van der Waals surface area (Å²) in [6.07, 6.45) is 0. The molecule has 3 heteroatoms. The molecule has 1 nitrogen and oxygen atoms in total. The maximum atomic E-state index is 13.0. The van der Waals surface area contributed by atoms with Crippen molar-refractivity contribution in [1.82, 2.24) is 0 Å². The molecule has 1 aromatic carbocycles. The molecule has 0 amide bonds. The van der Waals surface area contributed by atoms with Gasteiger partial charge in [0.15, 0.2) is 0 Å². The molecule has 0 aliphatic rings. The van der Waals surface area contributed by atoms with Gasteiger partial charge in [-0.15, -0.1) is 11.3 Å². The first-order valence-corrected chi connectivity index (χ1v) is 4.08. The Hall–Kier alpha value is -1.09. The SMILES string of the molecule is Nc1ccc(F)c2sccc12. The highest BCUT2D eigenvalue weighted by atomic mass is 32.1. The van der Waals surface area contributed by atoms with Crippen LogP contribution < -0.4 is 5.73 Å². The molecule has 2 aromatic rings. The zero-order valence-electron chi connectivity index (χ0n) is 5.67. The Labute approximate surface area is 67.3 Å². The van der Waals surface area contributed by atoms with Crippen LogP contribution in [0.15, 0.2) is 23.6 Å². The average Bonchev–Trinajstić information content (AvgIpc) is 2.45. The monoisotopic (exact) mass is 167 g/mol. The van der Waals surface area contributed by atoms with Gasteiger partial charge in [-0.3, -0.25) is 0 Å². The van der Waals surface area contributed by atoms with E-state index in [1.807, 2.05) is 11.4 Å². The van der Waals surface area contributed by atoms with E-state index < -0.39 is 0 Å². The van der Waals surface area contributed by atoms with Crippen LogP contribution in [0.5, 0.6) is 0 Å². The van der Waals surface area contributed by atoms with E-state index >= 15 is 0 Å². The summed E-state index contributed by atoms with van der Waals surface area (Å²) in [6.45, 7) is 0. The minimum atomic E-state index is -0.191. The largest absolute Gasteiger partial charge is 0.398 e. The van der Waals surface area contributed by atoms with Crippen LogP contribution >= 0.6 is 11.3 Å². The number of anilines is 1. The van der Waals surface area contributed by atoms with Crippen LogP contribution in [0.4, 0.5) is 10.1 Å². The van der Waals surface area contributed by atoms with Crippen LogP contribution in [0.25, 0.3) is 10.1 Å². The minimum absolute atomic E-state index is 0.191. The second kappa shape index (κ2) is 2.20. The number of rotatable bonds is 0. The molecule has 11 heavy (non-hydrogen) atoms. The van der Waals surface area contributed by atoms with E-state index in [0.717, 1.165) is 5.39 Å². The number of hydrogen-bond donors (Lipinski definition) is 1. The number of hydrogen-bond acceptors (Lipinski definition) is 2. The van der Waals surface area contributed by atoms with Gasteiger partial charge in [-0.2, -0.15) is 0 Å². The van der Waals surface area contributed by atoms with Crippen molar-refractivity contribution in [2.75, 3.05) is 5.73 Å². The predicted molar refractivity (Wildman–Crippen MR) is 46.2 cm³/mol. The predicted octanol–water partition coefficient (Wildman–Crippen LogP) is 2.62. The third-order valence-corrected chi connectivity index (χ3v) is 2.53. The molecular formula is C8H6FNS. The van der Waals surface area contributed by atoms with Gasteiger partial charge in [0.2, 0.25) is 0 Å². The van der Waals surface area contributed by atoms with Gasteiger partial charge >= 0.3 is 0 Å². The summed E-state index contributed by atoms with van der Waals surface area (Å²) in [7, 11) is 0. The molecule has 0 atom stereocenters. The second-order valence-electron chi connectivity index (χ2n) is 2.30. The number of benzene rings is 1. The molecule has 56 valence electrons. The van der Waals surface area contributed by atoms with Crippen molar-refractivity contribution >= 4 is 27.1 Å². The normalized spacial score (nSPS) is 10.6. The molecule has 0 spiro atoms. The lowest BCUT2D eigenvalue weighted by atomic mass is 10.2. The lowest BCUT2D eigenvalue weighted by Crippen LogP contribution is -1.85. The molecule has 2 N–H and O–H groups in total. The highest BCUT2D eigenvalue weighted by Gasteiger charge is 2.03. The number of fused-ring (bicyclic) bond motifs is 1. The fourth-order valence-corrected chi connectivity index (χ4v) is 1.88. The topological polar surface area (TPSA) is 26.0 Å². The smallest absolute Gasteiger partial charge is 0.141 e. The van der Waals surface area contributed by atoms with Gasteiger partial charge in [0, 0.05) is 11.1 Å². The Morgan fingerprint density at radius 3 is 2.82 bits per heavy atom. The van der Waals surface area contributed by atoms with Crippen molar-refractivity contribution in [3.8, 4) is 0 Å². The summed E-state index contributed by atoms with van der Waals surface area (Å²) < 4.78 is 13.6. The maximum absolute atomic E-state index is 13.0. The summed E-state index contributed by atoms with van der Waals surface area (Å²) >= 11 is 1.37. The van der Waals surface area contributed by atoms with Crippen molar-refractivity contribution < 1.29 is 4.39 Å². The Kier molecular flexibility index (Phi) is 1.32. The highest BCUT2D eigenvalue weighted by molar-refractivity contribution is 7.17. The van der Waals surface area contributed by atoms with Gasteiger partial charge in [-0.1, -0.05) is 0 Å². The van der Waals surface area contributed by atoms with Gasteiger partial charge < -0.3 is 5.73 Å². The molecule has 0 fully saturated rings. The first kappa shape index (κ1) is 6.61. The van der Waals surface area contributed by atoms with E-state index in [-0.39, 0.29) is 5.82 Å². The lowest BCUT2D eigenvalue weighted by Gasteiger charge is -1.95. The molecule has 0 unspecified atom stereocenters. The van der Waals surface area contributed by atoms with Crippen molar-refractivity contribution in [2.24, 2.45) is 0 Å². The molecular weight excluding hydrogens is 161 g/mol. The van der Waals surface area contributed by atoms with Gasteiger partial charge in [0.05, 0.1) is 4.70 Å². The first-order chi connectivity index (χ1) is 5.29. The first-order valence-electron chi connectivity index (χ1n) is 3.20. The van der Waals surface area contributed by atoms with Gasteiger partial charge in [0.25, 0.3) is 0 Å². The number of nitrogens with two attached hydrogens (primary N) is 1. The van der Waals surface area contributed by atoms with Crippen molar-refractivity contribution in [3.63, 3.8) is 0 Å². The number of thiophene rings is 1. The Morgan fingerprint density at radius 1 is 1.27 bits per heavy atom. The fourth-order valence-electron chi connectivity index (χ4n) is 1.05. The molecule has 0 radical (unpaired) electrons. The maximum Gasteiger partial charge on any atom is 0.141 e. The summed E-state index contributed by atoms with van der Waals surface area (Å²) in [5.41, 5.74) is 6.25. The molecule has 0 aliphatic heterocycles. The van der Waals surface area contributed by atoms with Crippen molar-refractivity contribution in [1.29, 1.82) is 0 Å². The lowest BCUT2D eigenvalue weighted by molar-refractivity contribution is 0.642. The second-order valence-corrected chi connectivity index (χ2v) is 3.22. The molecule has 0 bridgehead atoms. The van der Waals surface area contributed by atoms with E-state index in [4.69, 9.17) is 5.73 Å². The van der Waals surface area contributed by atoms with E-state index in [9.17, 15) is 4.39 Å². The standard InChI is InChI=1S/C8H6FNS/c9-6-1-2-7(10)5-3-4-11-8(5)6/h1-4H,10H2. The van der Waals surface area contributed by atoms with Crippen LogP contribution in [-0.2, 0) is 0 Å². The quantitative estimate of drug-likeness (QED) is 0.600. The Balaban J connectivity index is 2.96. The zero-order chi connectivity index (χ0) is 7.84. The van der Waals surface area contributed by atoms with Crippen LogP contribution in [0.3, 0.4) is 0 Å². The fraction of sp³-hybridized carbons (Fsp3) is 0. The molecule has 1 heterocycles. The Morgan fingerprint density at radius 2 is 2.09 bits per heavy atom. The molecule has 2 rings (SSSR count). The Bertz CT molecular complexity index is 358. The van der Waals surface area contributed by atoms with Crippen LogP contribution in [0.1, 0.15) is 0 Å². The van der Waals surface area contributed by atoms with Crippen molar-refractivity contribution in [3.05, 3.63) is 29.4 Å². The third-order valence-electron chi connectivity index (χ3n) is 1.60. The van der Waals surface area contributed by atoms with E-state index in [1.165, 1.54) is 17.4 Å². The van der Waals surface area contributed by atoms with E-state index in [1.54, 1.807) is 6.07 Å². The van der Waals surface area contributed by atoms with Crippen LogP contribution in [0, 0.1) is 5.82 Å². The number of nitrogen functional groups attached to an aromatic ring is 1. The van der Waals surface area contributed by atoms with Crippen LogP contribution in [0.2, 0.25) is 0 Å². The summed E-state index contributed by atoms with van der Waals surface area (Å²) in [5, 5.41) is 2.65. The molecule has 0 saturated heterocycles. The summed E-state index contributed by atoms with van der Waals surface area (Å²) in [6, 6.07) is 4.82. The van der Waals surface area contributed by atoms with Gasteiger partial charge in [-0.05, 0) is 23.6 Å². The molecule has 0 aliphatic carbocycles. The minimum Gasteiger partial charge on any atom is -0.398 e. The number of halogens is 1. The van der Waals surface area contributed by atoms with Crippen LogP contribution in [-0.4, -0.2) is 0 Å². The van der Waals surface area contributed by atoms with E-state index in [0.29, 0.717) is 10.4 Å². The molecule has 1 aromatic heterocycles. The van der Waals surface area contributed by atoms with Gasteiger partial charge in [0.1, 0.15) is 5.82 Å². The van der Waals surface area contributed by atoms with E-state index in [2.05, 4.69) is 0 Å². The zero-order valence-corrected chi connectivity index (χ0v) is 6.49. The average molecular weight is 167 g/mol. The third kappa shape index (κ3) is 0.886. The summed E-state index contributed by atoms with van der Waals surface area (Å²) in [4.78, 5) is 0.